The highest BCUT2D eigenvalue weighted by molar-refractivity contribution is 5.20. The molecular formula is C13H17F2NO. The molecule has 0 bridgehead atoms. The summed E-state index contributed by atoms with van der Waals surface area (Å²) in [4.78, 5) is 0. The zero-order chi connectivity index (χ0) is 12.3. The summed E-state index contributed by atoms with van der Waals surface area (Å²) >= 11 is 0. The molecule has 1 saturated heterocycles. The molecule has 2 nitrogen and oxygen atoms in total. The van der Waals surface area contributed by atoms with Crippen molar-refractivity contribution in [3.05, 3.63) is 35.4 Å². The van der Waals surface area contributed by atoms with Gasteiger partial charge in [0, 0.05) is 12.6 Å². The summed E-state index contributed by atoms with van der Waals surface area (Å²) in [7, 11) is 0. The summed E-state index contributed by atoms with van der Waals surface area (Å²) in [5.74, 6) is -0.837. The summed E-state index contributed by atoms with van der Waals surface area (Å²) in [5.41, 5.74) is 6.31. The van der Waals surface area contributed by atoms with Crippen molar-refractivity contribution < 1.29 is 13.5 Å². The number of rotatable bonds is 3. The Kier molecular flexibility index (Phi) is 4.07. The fourth-order valence-electron chi connectivity index (χ4n) is 2.19. The first-order valence-corrected chi connectivity index (χ1v) is 5.98. The predicted octanol–water partition coefficient (Wildman–Crippen LogP) is 2.40. The van der Waals surface area contributed by atoms with Crippen molar-refractivity contribution in [1.29, 1.82) is 0 Å². The van der Waals surface area contributed by atoms with Crippen molar-refractivity contribution >= 4 is 0 Å². The average Bonchev–Trinajstić information content (AvgIpc) is 2.35. The van der Waals surface area contributed by atoms with Crippen LogP contribution in [0.1, 0.15) is 24.8 Å². The normalized spacial score (nSPS) is 22.4. The Morgan fingerprint density at radius 1 is 1.35 bits per heavy atom. The van der Waals surface area contributed by atoms with Crippen molar-refractivity contribution in [2.24, 2.45) is 5.73 Å². The monoisotopic (exact) mass is 241 g/mol. The molecule has 1 aromatic carbocycles. The maximum absolute atomic E-state index is 13.4. The van der Waals surface area contributed by atoms with Crippen molar-refractivity contribution in [3.8, 4) is 0 Å². The molecule has 2 atom stereocenters. The van der Waals surface area contributed by atoms with E-state index in [0.717, 1.165) is 31.4 Å². The van der Waals surface area contributed by atoms with Crippen LogP contribution >= 0.6 is 0 Å². The van der Waals surface area contributed by atoms with Gasteiger partial charge in [-0.25, -0.2) is 8.78 Å². The van der Waals surface area contributed by atoms with Gasteiger partial charge in [-0.05, 0) is 49.4 Å². The Morgan fingerprint density at radius 3 is 2.88 bits per heavy atom. The molecule has 2 rings (SSSR count). The molecule has 0 amide bonds. The lowest BCUT2D eigenvalue weighted by molar-refractivity contribution is 0.000498. The van der Waals surface area contributed by atoms with E-state index < -0.39 is 11.6 Å². The quantitative estimate of drug-likeness (QED) is 0.882. The summed E-state index contributed by atoms with van der Waals surface area (Å²) in [5, 5.41) is 0. The highest BCUT2D eigenvalue weighted by Crippen LogP contribution is 2.19. The first-order chi connectivity index (χ1) is 8.16. The van der Waals surface area contributed by atoms with E-state index in [-0.39, 0.29) is 12.1 Å². The van der Waals surface area contributed by atoms with E-state index in [1.165, 1.54) is 6.07 Å². The Labute approximate surface area is 99.8 Å². The fraction of sp³-hybridized carbons (Fsp3) is 0.538. The van der Waals surface area contributed by atoms with Gasteiger partial charge in [0.1, 0.15) is 11.6 Å². The number of ether oxygens (including phenoxy) is 1. The summed E-state index contributed by atoms with van der Waals surface area (Å²) in [6.45, 7) is 0.712. The largest absolute Gasteiger partial charge is 0.377 e. The highest BCUT2D eigenvalue weighted by atomic mass is 19.1. The lowest BCUT2D eigenvalue weighted by Gasteiger charge is -2.28. The van der Waals surface area contributed by atoms with Gasteiger partial charge in [0.2, 0.25) is 0 Å². The van der Waals surface area contributed by atoms with Crippen LogP contribution in [0.15, 0.2) is 18.2 Å². The van der Waals surface area contributed by atoms with Crippen LogP contribution in [0.2, 0.25) is 0 Å². The van der Waals surface area contributed by atoms with Crippen molar-refractivity contribution in [3.63, 3.8) is 0 Å². The maximum Gasteiger partial charge on any atom is 0.126 e. The highest BCUT2D eigenvalue weighted by Gasteiger charge is 2.22. The third kappa shape index (κ3) is 3.23. The number of halogens is 2. The Balaban J connectivity index is 2.01. The SMILES string of the molecule is NC(Cc1cc(F)ccc1F)C1CCCCO1. The van der Waals surface area contributed by atoms with Crippen LogP contribution in [-0.2, 0) is 11.2 Å². The second kappa shape index (κ2) is 5.56. The molecule has 4 heteroatoms. The van der Waals surface area contributed by atoms with E-state index in [2.05, 4.69) is 0 Å². The van der Waals surface area contributed by atoms with Crippen LogP contribution in [-0.4, -0.2) is 18.8 Å². The van der Waals surface area contributed by atoms with E-state index in [1.54, 1.807) is 0 Å². The lowest BCUT2D eigenvalue weighted by atomic mass is 9.96. The van der Waals surface area contributed by atoms with E-state index in [0.29, 0.717) is 18.6 Å². The molecule has 1 aliphatic rings. The van der Waals surface area contributed by atoms with Gasteiger partial charge in [0.05, 0.1) is 6.10 Å². The van der Waals surface area contributed by atoms with Crippen LogP contribution < -0.4 is 5.73 Å². The summed E-state index contributed by atoms with van der Waals surface area (Å²) in [6.07, 6.45) is 3.32. The molecule has 1 aromatic rings. The van der Waals surface area contributed by atoms with E-state index in [4.69, 9.17) is 10.5 Å². The molecule has 1 aliphatic heterocycles. The maximum atomic E-state index is 13.4. The van der Waals surface area contributed by atoms with Crippen LogP contribution in [0.3, 0.4) is 0 Å². The first kappa shape index (κ1) is 12.5. The standard InChI is InChI=1S/C13H17F2NO/c14-10-4-5-11(15)9(7-10)8-12(16)13-3-1-2-6-17-13/h4-5,7,12-13H,1-3,6,8,16H2. The Bertz CT molecular complexity index is 378. The molecule has 1 fully saturated rings. The Hall–Kier alpha value is -1.00. The molecule has 0 aliphatic carbocycles. The van der Waals surface area contributed by atoms with Crippen LogP contribution in [0.25, 0.3) is 0 Å². The van der Waals surface area contributed by atoms with Gasteiger partial charge in [-0.1, -0.05) is 0 Å². The van der Waals surface area contributed by atoms with Crippen LogP contribution in [0.4, 0.5) is 8.78 Å². The topological polar surface area (TPSA) is 35.2 Å². The lowest BCUT2D eigenvalue weighted by Crippen LogP contribution is -2.40. The number of hydrogen-bond donors (Lipinski definition) is 1. The predicted molar refractivity (Wildman–Crippen MR) is 61.6 cm³/mol. The minimum absolute atomic E-state index is 0.0357. The average molecular weight is 241 g/mol. The molecule has 94 valence electrons. The van der Waals surface area contributed by atoms with Crippen molar-refractivity contribution in [2.45, 2.75) is 37.8 Å². The number of benzene rings is 1. The molecule has 2 unspecified atom stereocenters. The van der Waals surface area contributed by atoms with Gasteiger partial charge in [-0.15, -0.1) is 0 Å². The third-order valence-corrected chi connectivity index (χ3v) is 3.16. The van der Waals surface area contributed by atoms with Gasteiger partial charge >= 0.3 is 0 Å². The van der Waals surface area contributed by atoms with Gasteiger partial charge in [-0.2, -0.15) is 0 Å². The number of hydrogen-bond acceptors (Lipinski definition) is 2. The van der Waals surface area contributed by atoms with E-state index in [1.807, 2.05) is 0 Å². The molecule has 17 heavy (non-hydrogen) atoms. The minimum atomic E-state index is -0.432. The van der Waals surface area contributed by atoms with Gasteiger partial charge in [0.25, 0.3) is 0 Å². The molecule has 1 heterocycles. The molecule has 0 saturated carbocycles. The van der Waals surface area contributed by atoms with Gasteiger partial charge in [0.15, 0.2) is 0 Å². The molecule has 0 radical (unpaired) electrons. The van der Waals surface area contributed by atoms with Crippen molar-refractivity contribution in [2.75, 3.05) is 6.61 Å². The van der Waals surface area contributed by atoms with Crippen molar-refractivity contribution in [1.82, 2.24) is 0 Å². The Morgan fingerprint density at radius 2 is 2.18 bits per heavy atom. The molecule has 0 spiro atoms. The van der Waals surface area contributed by atoms with Crippen LogP contribution in [0, 0.1) is 11.6 Å². The zero-order valence-corrected chi connectivity index (χ0v) is 9.66. The molecule has 2 N–H and O–H groups in total. The van der Waals surface area contributed by atoms with E-state index >= 15 is 0 Å². The molecule has 0 aromatic heterocycles. The van der Waals surface area contributed by atoms with Gasteiger partial charge in [-0.3, -0.25) is 0 Å². The van der Waals surface area contributed by atoms with Gasteiger partial charge < -0.3 is 10.5 Å². The third-order valence-electron chi connectivity index (χ3n) is 3.16. The van der Waals surface area contributed by atoms with Crippen LogP contribution in [0.5, 0.6) is 0 Å². The summed E-state index contributed by atoms with van der Waals surface area (Å²) in [6, 6.07) is 3.19. The second-order valence-corrected chi connectivity index (χ2v) is 4.51. The van der Waals surface area contributed by atoms with E-state index in [9.17, 15) is 8.78 Å². The first-order valence-electron chi connectivity index (χ1n) is 5.98. The number of nitrogens with two attached hydrogens (primary N) is 1. The summed E-state index contributed by atoms with van der Waals surface area (Å²) < 4.78 is 32.0. The minimum Gasteiger partial charge on any atom is -0.377 e. The smallest absolute Gasteiger partial charge is 0.126 e. The zero-order valence-electron chi connectivity index (χ0n) is 9.66. The second-order valence-electron chi connectivity index (χ2n) is 4.51. The molecular weight excluding hydrogens is 224 g/mol. The fourth-order valence-corrected chi connectivity index (χ4v) is 2.19.